The van der Waals surface area contributed by atoms with Gasteiger partial charge in [-0.2, -0.15) is 8.78 Å². The zero-order valence-electron chi connectivity index (χ0n) is 8.45. The molecule has 1 aromatic rings. The molecule has 1 amide bonds. The van der Waals surface area contributed by atoms with Crippen molar-refractivity contribution in [3.63, 3.8) is 0 Å². The molecule has 0 atom stereocenters. The molecule has 16 heavy (non-hydrogen) atoms. The summed E-state index contributed by atoms with van der Waals surface area (Å²) < 4.78 is 26.7. The van der Waals surface area contributed by atoms with E-state index < -0.39 is 11.8 Å². The molecule has 0 heterocycles. The maximum Gasteiger partial charge on any atom is 0.349 e. The minimum Gasteiger partial charge on any atom is -0.364 e. The summed E-state index contributed by atoms with van der Waals surface area (Å²) in [5, 5.41) is 0. The van der Waals surface area contributed by atoms with E-state index in [-0.39, 0.29) is 24.5 Å². The Hall–Kier alpha value is -1.20. The topological polar surface area (TPSA) is 69.1 Å². The van der Waals surface area contributed by atoms with Crippen molar-refractivity contribution in [2.75, 3.05) is 6.54 Å². The molecule has 0 spiro atoms. The van der Waals surface area contributed by atoms with Crippen molar-refractivity contribution in [1.82, 2.24) is 0 Å². The van der Waals surface area contributed by atoms with Crippen LogP contribution in [0.5, 0.6) is 0 Å². The lowest BCUT2D eigenvalue weighted by atomic mass is 9.99. The van der Waals surface area contributed by atoms with Gasteiger partial charge in [0.05, 0.1) is 0 Å². The zero-order valence-corrected chi connectivity index (χ0v) is 9.27. The second-order valence-electron chi connectivity index (χ2n) is 3.13. The number of amides is 1. The third-order valence-electron chi connectivity index (χ3n) is 2.08. The summed E-state index contributed by atoms with van der Waals surface area (Å²) in [5.41, 5.74) is 9.93. The highest BCUT2D eigenvalue weighted by molar-refractivity contribution is 5.85. The number of rotatable bonds is 4. The molecule has 1 rings (SSSR count). The van der Waals surface area contributed by atoms with Crippen LogP contribution in [0, 0.1) is 0 Å². The number of nitrogens with two attached hydrogens (primary N) is 2. The van der Waals surface area contributed by atoms with E-state index in [1.165, 1.54) is 18.2 Å². The van der Waals surface area contributed by atoms with Crippen LogP contribution in [0.4, 0.5) is 8.78 Å². The van der Waals surface area contributed by atoms with Crippen LogP contribution in [0.1, 0.15) is 11.1 Å². The first-order valence-electron chi connectivity index (χ1n) is 4.46. The van der Waals surface area contributed by atoms with Crippen molar-refractivity contribution in [2.45, 2.75) is 12.3 Å². The molecule has 0 aromatic heterocycles. The summed E-state index contributed by atoms with van der Waals surface area (Å²) in [6.07, 6.45) is 0.291. The minimum atomic E-state index is -3.63. The molecule has 0 saturated carbocycles. The first-order chi connectivity index (χ1) is 7.00. The molecule has 0 aliphatic heterocycles. The molecule has 4 N–H and O–H groups in total. The number of carbonyl (C=O) groups is 1. The Kier molecular flexibility index (Phi) is 5.33. The normalized spacial score (nSPS) is 10.7. The lowest BCUT2D eigenvalue weighted by Gasteiger charge is -2.16. The van der Waals surface area contributed by atoms with Gasteiger partial charge in [-0.1, -0.05) is 24.3 Å². The molecular weight excluding hydrogens is 238 g/mol. The number of carbonyl (C=O) groups excluding carboxylic acids is 1. The number of hydrogen-bond acceptors (Lipinski definition) is 2. The van der Waals surface area contributed by atoms with Crippen LogP contribution < -0.4 is 11.5 Å². The molecule has 1 aromatic carbocycles. The summed E-state index contributed by atoms with van der Waals surface area (Å²) >= 11 is 0. The van der Waals surface area contributed by atoms with Crippen LogP contribution in [0.3, 0.4) is 0 Å². The van der Waals surface area contributed by atoms with Gasteiger partial charge >= 0.3 is 5.92 Å². The summed E-state index contributed by atoms with van der Waals surface area (Å²) in [5.74, 6) is -5.28. The molecule has 0 bridgehead atoms. The molecule has 6 heteroatoms. The first kappa shape index (κ1) is 14.8. The van der Waals surface area contributed by atoms with Gasteiger partial charge in [0.2, 0.25) is 0 Å². The molecule has 90 valence electrons. The van der Waals surface area contributed by atoms with E-state index in [2.05, 4.69) is 5.73 Å². The fourth-order valence-corrected chi connectivity index (χ4v) is 1.33. The highest BCUT2D eigenvalue weighted by Gasteiger charge is 2.40. The van der Waals surface area contributed by atoms with Crippen molar-refractivity contribution in [3.8, 4) is 0 Å². The summed E-state index contributed by atoms with van der Waals surface area (Å²) in [7, 11) is 0. The van der Waals surface area contributed by atoms with Crippen molar-refractivity contribution in [1.29, 1.82) is 0 Å². The number of halogens is 3. The zero-order chi connectivity index (χ0) is 11.5. The SMILES string of the molecule is Cl.NCCc1ccccc1C(F)(F)C(N)=O. The fourth-order valence-electron chi connectivity index (χ4n) is 1.33. The van der Waals surface area contributed by atoms with Gasteiger partial charge in [-0.3, -0.25) is 4.79 Å². The van der Waals surface area contributed by atoms with Crippen LogP contribution in [0.2, 0.25) is 0 Å². The highest BCUT2D eigenvalue weighted by Crippen LogP contribution is 2.30. The Morgan fingerprint density at radius 1 is 1.31 bits per heavy atom. The van der Waals surface area contributed by atoms with E-state index in [1.807, 2.05) is 0 Å². The van der Waals surface area contributed by atoms with Crippen molar-refractivity contribution < 1.29 is 13.6 Å². The standard InChI is InChI=1S/C10H12F2N2O.ClH/c11-10(12,9(14)15)8-4-2-1-3-7(8)5-6-13;/h1-4H,5-6,13H2,(H2,14,15);1H. The molecule has 0 fully saturated rings. The van der Waals surface area contributed by atoms with Crippen LogP contribution in [-0.2, 0) is 17.1 Å². The van der Waals surface area contributed by atoms with Gasteiger partial charge in [0, 0.05) is 5.56 Å². The Morgan fingerprint density at radius 2 is 1.88 bits per heavy atom. The van der Waals surface area contributed by atoms with E-state index in [9.17, 15) is 13.6 Å². The lowest BCUT2D eigenvalue weighted by Crippen LogP contribution is -2.34. The summed E-state index contributed by atoms with van der Waals surface area (Å²) in [6, 6.07) is 5.76. The molecule has 0 aliphatic carbocycles. The third-order valence-corrected chi connectivity index (χ3v) is 2.08. The maximum atomic E-state index is 13.3. The predicted octanol–water partition coefficient (Wildman–Crippen LogP) is 1.19. The van der Waals surface area contributed by atoms with E-state index >= 15 is 0 Å². The summed E-state index contributed by atoms with van der Waals surface area (Å²) in [6.45, 7) is 0.242. The van der Waals surface area contributed by atoms with E-state index in [0.29, 0.717) is 12.0 Å². The second kappa shape index (κ2) is 5.77. The van der Waals surface area contributed by atoms with Gasteiger partial charge in [-0.15, -0.1) is 12.4 Å². The highest BCUT2D eigenvalue weighted by atomic mass is 35.5. The molecule has 0 aliphatic rings. The second-order valence-corrected chi connectivity index (χ2v) is 3.13. The molecule has 0 unspecified atom stereocenters. The third kappa shape index (κ3) is 2.90. The fraction of sp³-hybridized carbons (Fsp3) is 0.300. The number of alkyl halides is 2. The minimum absolute atomic E-state index is 0. The van der Waals surface area contributed by atoms with Crippen molar-refractivity contribution in [2.24, 2.45) is 11.5 Å². The molecule has 0 saturated heterocycles. The van der Waals surface area contributed by atoms with Crippen LogP contribution in [0.15, 0.2) is 24.3 Å². The average Bonchev–Trinajstić information content (AvgIpc) is 2.18. The van der Waals surface area contributed by atoms with Gasteiger partial charge in [0.25, 0.3) is 5.91 Å². The van der Waals surface area contributed by atoms with Gasteiger partial charge in [-0.25, -0.2) is 0 Å². The van der Waals surface area contributed by atoms with Crippen molar-refractivity contribution in [3.05, 3.63) is 35.4 Å². The first-order valence-corrected chi connectivity index (χ1v) is 4.46. The summed E-state index contributed by atoms with van der Waals surface area (Å²) in [4.78, 5) is 10.6. The quantitative estimate of drug-likeness (QED) is 0.843. The maximum absolute atomic E-state index is 13.3. The van der Waals surface area contributed by atoms with Gasteiger partial charge in [-0.05, 0) is 18.5 Å². The van der Waals surface area contributed by atoms with Gasteiger partial charge < -0.3 is 11.5 Å². The average molecular weight is 251 g/mol. The van der Waals surface area contributed by atoms with E-state index in [0.717, 1.165) is 0 Å². The largest absolute Gasteiger partial charge is 0.364 e. The predicted molar refractivity (Wildman–Crippen MR) is 59.5 cm³/mol. The Balaban J connectivity index is 0.00000225. The molecule has 3 nitrogen and oxygen atoms in total. The Bertz CT molecular complexity index is 372. The van der Waals surface area contributed by atoms with Gasteiger partial charge in [0.1, 0.15) is 0 Å². The van der Waals surface area contributed by atoms with Crippen molar-refractivity contribution >= 4 is 18.3 Å². The molecular formula is C10H13ClF2N2O. The van der Waals surface area contributed by atoms with Crippen LogP contribution in [0.25, 0.3) is 0 Å². The monoisotopic (exact) mass is 250 g/mol. The Labute approximate surface area is 98.2 Å². The number of hydrogen-bond donors (Lipinski definition) is 2. The van der Waals surface area contributed by atoms with Gasteiger partial charge in [0.15, 0.2) is 0 Å². The van der Waals surface area contributed by atoms with Crippen LogP contribution in [-0.4, -0.2) is 12.5 Å². The van der Waals surface area contributed by atoms with Crippen LogP contribution >= 0.6 is 12.4 Å². The Morgan fingerprint density at radius 3 is 2.38 bits per heavy atom. The number of benzene rings is 1. The van der Waals surface area contributed by atoms with E-state index in [4.69, 9.17) is 5.73 Å². The smallest absolute Gasteiger partial charge is 0.349 e. The lowest BCUT2D eigenvalue weighted by molar-refractivity contribution is -0.143. The van der Waals surface area contributed by atoms with E-state index in [1.54, 1.807) is 6.07 Å². The molecule has 0 radical (unpaired) electrons. The number of primary amides is 1.